The normalized spacial score (nSPS) is 31.9. The average molecular weight is 287 g/mol. The minimum absolute atomic E-state index is 0.545. The van der Waals surface area contributed by atoms with Crippen LogP contribution in [0.3, 0.4) is 0 Å². The average Bonchev–Trinajstić information content (AvgIpc) is 3.07. The Morgan fingerprint density at radius 1 is 0.773 bits per heavy atom. The highest BCUT2D eigenvalue weighted by molar-refractivity contribution is 5.61. The Morgan fingerprint density at radius 2 is 1.50 bits per heavy atom. The SMILES string of the molecule is C1=CC2=CC=C3C=CC(CN4CCCC4)=C4C=CC(=C1)C2C34. The fraction of sp³-hybridized carbons (Fsp3) is 0.333. The minimum Gasteiger partial charge on any atom is -0.299 e. The summed E-state index contributed by atoms with van der Waals surface area (Å²) in [5, 5.41) is 0. The maximum absolute atomic E-state index is 2.61. The molecule has 0 N–H and O–H groups in total. The Balaban J connectivity index is 1.59. The standard InChI is InChI=1S/C21H21N/c1-2-13-22(12-1)14-18-9-8-17-7-6-15-4-3-5-16-10-11-19(18)21(17)20(15)16/h3-11,20-21H,1-2,12-14H2. The molecule has 0 saturated carbocycles. The highest BCUT2D eigenvalue weighted by Crippen LogP contribution is 2.49. The van der Waals surface area contributed by atoms with E-state index in [0.29, 0.717) is 11.8 Å². The van der Waals surface area contributed by atoms with E-state index in [2.05, 4.69) is 59.6 Å². The van der Waals surface area contributed by atoms with Crippen LogP contribution in [0.4, 0.5) is 0 Å². The third-order valence-electron chi connectivity index (χ3n) is 5.69. The van der Waals surface area contributed by atoms with E-state index >= 15 is 0 Å². The van der Waals surface area contributed by atoms with E-state index in [1.54, 1.807) is 5.57 Å². The van der Waals surface area contributed by atoms with Crippen molar-refractivity contribution in [1.29, 1.82) is 0 Å². The molecular formula is C21H21N. The number of hydrogen-bond donors (Lipinski definition) is 0. The van der Waals surface area contributed by atoms with Gasteiger partial charge in [-0.2, -0.15) is 0 Å². The second-order valence-electron chi connectivity index (χ2n) is 6.94. The highest BCUT2D eigenvalue weighted by atomic mass is 15.1. The van der Waals surface area contributed by atoms with Gasteiger partial charge in [0.15, 0.2) is 0 Å². The molecule has 5 rings (SSSR count). The zero-order valence-corrected chi connectivity index (χ0v) is 12.8. The summed E-state index contributed by atoms with van der Waals surface area (Å²) >= 11 is 0. The van der Waals surface area contributed by atoms with E-state index in [-0.39, 0.29) is 0 Å². The van der Waals surface area contributed by atoms with Crippen LogP contribution in [0, 0.1) is 11.8 Å². The fourth-order valence-electron chi connectivity index (χ4n) is 4.60. The van der Waals surface area contributed by atoms with Crippen molar-refractivity contribution in [3.63, 3.8) is 0 Å². The predicted octanol–water partition coefficient (Wildman–Crippen LogP) is 4.11. The Labute approximate surface area is 132 Å². The number of hydrogen-bond acceptors (Lipinski definition) is 1. The van der Waals surface area contributed by atoms with Gasteiger partial charge in [0.2, 0.25) is 0 Å². The molecule has 2 unspecified atom stereocenters. The Morgan fingerprint density at radius 3 is 2.36 bits per heavy atom. The molecule has 1 heteroatoms. The molecule has 1 saturated heterocycles. The van der Waals surface area contributed by atoms with E-state index in [0.717, 1.165) is 6.54 Å². The van der Waals surface area contributed by atoms with Crippen LogP contribution in [0.5, 0.6) is 0 Å². The van der Waals surface area contributed by atoms with Crippen LogP contribution >= 0.6 is 0 Å². The van der Waals surface area contributed by atoms with Crippen molar-refractivity contribution in [3.05, 3.63) is 82.5 Å². The molecule has 110 valence electrons. The van der Waals surface area contributed by atoms with Crippen LogP contribution < -0.4 is 0 Å². The van der Waals surface area contributed by atoms with Gasteiger partial charge in [-0.15, -0.1) is 0 Å². The Hall–Kier alpha value is -1.86. The van der Waals surface area contributed by atoms with Crippen molar-refractivity contribution in [1.82, 2.24) is 4.90 Å². The first kappa shape index (κ1) is 12.7. The first-order valence-corrected chi connectivity index (χ1v) is 8.52. The summed E-state index contributed by atoms with van der Waals surface area (Å²) in [5.74, 6) is 1.09. The summed E-state index contributed by atoms with van der Waals surface area (Å²) in [6.45, 7) is 3.66. The first-order chi connectivity index (χ1) is 10.9. The summed E-state index contributed by atoms with van der Waals surface area (Å²) in [6.07, 6.45) is 23.6. The van der Waals surface area contributed by atoms with E-state index in [1.807, 2.05) is 0 Å². The molecule has 1 heterocycles. The summed E-state index contributed by atoms with van der Waals surface area (Å²) in [6, 6.07) is 0. The van der Waals surface area contributed by atoms with E-state index in [1.165, 1.54) is 48.2 Å². The largest absolute Gasteiger partial charge is 0.299 e. The Bertz CT molecular complexity index is 730. The van der Waals surface area contributed by atoms with Crippen molar-refractivity contribution in [2.45, 2.75) is 12.8 Å². The van der Waals surface area contributed by atoms with Crippen LogP contribution in [0.25, 0.3) is 0 Å². The zero-order chi connectivity index (χ0) is 14.5. The molecule has 2 atom stereocenters. The van der Waals surface area contributed by atoms with Gasteiger partial charge in [-0.1, -0.05) is 54.7 Å². The highest BCUT2D eigenvalue weighted by Gasteiger charge is 2.38. The zero-order valence-electron chi connectivity index (χ0n) is 12.8. The Kier molecular flexibility index (Phi) is 2.78. The smallest absolute Gasteiger partial charge is 0.0236 e. The molecule has 1 aliphatic heterocycles. The summed E-state index contributed by atoms with van der Waals surface area (Å²) < 4.78 is 0. The van der Waals surface area contributed by atoms with Crippen LogP contribution in [0.2, 0.25) is 0 Å². The summed E-state index contributed by atoms with van der Waals surface area (Å²) in [4.78, 5) is 2.61. The van der Waals surface area contributed by atoms with Gasteiger partial charge in [0.25, 0.3) is 0 Å². The number of allylic oxidation sites excluding steroid dienone is 12. The summed E-state index contributed by atoms with van der Waals surface area (Å²) in [7, 11) is 0. The van der Waals surface area contributed by atoms with Crippen molar-refractivity contribution in [3.8, 4) is 0 Å². The fourth-order valence-corrected chi connectivity index (χ4v) is 4.60. The number of likely N-dealkylation sites (tertiary alicyclic amines) is 1. The summed E-state index contributed by atoms with van der Waals surface area (Å²) in [5.41, 5.74) is 7.53. The van der Waals surface area contributed by atoms with Crippen LogP contribution in [-0.2, 0) is 0 Å². The van der Waals surface area contributed by atoms with Crippen molar-refractivity contribution >= 4 is 0 Å². The van der Waals surface area contributed by atoms with Gasteiger partial charge in [-0.05, 0) is 53.8 Å². The lowest BCUT2D eigenvalue weighted by Crippen LogP contribution is -2.31. The van der Waals surface area contributed by atoms with E-state index < -0.39 is 0 Å². The maximum Gasteiger partial charge on any atom is 0.0236 e. The van der Waals surface area contributed by atoms with Crippen molar-refractivity contribution < 1.29 is 0 Å². The lowest BCUT2D eigenvalue weighted by atomic mass is 9.63. The van der Waals surface area contributed by atoms with Crippen LogP contribution in [0.1, 0.15) is 12.8 Å². The first-order valence-electron chi connectivity index (χ1n) is 8.52. The van der Waals surface area contributed by atoms with Gasteiger partial charge < -0.3 is 0 Å². The molecule has 0 spiro atoms. The molecule has 5 aliphatic rings. The van der Waals surface area contributed by atoms with Gasteiger partial charge in [0, 0.05) is 18.4 Å². The van der Waals surface area contributed by atoms with Crippen LogP contribution in [0.15, 0.2) is 82.5 Å². The molecule has 1 fully saturated rings. The number of nitrogens with zero attached hydrogens (tertiary/aromatic N) is 1. The molecule has 1 nitrogen and oxygen atoms in total. The van der Waals surface area contributed by atoms with E-state index in [4.69, 9.17) is 0 Å². The second kappa shape index (κ2) is 4.82. The van der Waals surface area contributed by atoms with Crippen molar-refractivity contribution in [2.24, 2.45) is 11.8 Å². The molecule has 22 heavy (non-hydrogen) atoms. The quantitative estimate of drug-likeness (QED) is 0.738. The molecule has 0 aromatic rings. The predicted molar refractivity (Wildman–Crippen MR) is 91.3 cm³/mol. The lowest BCUT2D eigenvalue weighted by Gasteiger charge is -2.40. The third-order valence-corrected chi connectivity index (χ3v) is 5.69. The van der Waals surface area contributed by atoms with Crippen molar-refractivity contribution in [2.75, 3.05) is 19.6 Å². The molecule has 0 aromatic heterocycles. The lowest BCUT2D eigenvalue weighted by molar-refractivity contribution is 0.368. The third kappa shape index (κ3) is 1.82. The van der Waals surface area contributed by atoms with Crippen LogP contribution in [-0.4, -0.2) is 24.5 Å². The van der Waals surface area contributed by atoms with Gasteiger partial charge in [0.05, 0.1) is 0 Å². The van der Waals surface area contributed by atoms with E-state index in [9.17, 15) is 0 Å². The molecule has 0 amide bonds. The minimum atomic E-state index is 0.545. The molecular weight excluding hydrogens is 266 g/mol. The maximum atomic E-state index is 2.61. The number of rotatable bonds is 2. The molecule has 0 bridgehead atoms. The van der Waals surface area contributed by atoms with Gasteiger partial charge >= 0.3 is 0 Å². The monoisotopic (exact) mass is 287 g/mol. The van der Waals surface area contributed by atoms with Gasteiger partial charge in [-0.25, -0.2) is 0 Å². The molecule has 0 aromatic carbocycles. The van der Waals surface area contributed by atoms with Gasteiger partial charge in [-0.3, -0.25) is 4.90 Å². The second-order valence-corrected chi connectivity index (χ2v) is 6.94. The topological polar surface area (TPSA) is 3.24 Å². The molecule has 4 aliphatic carbocycles. The van der Waals surface area contributed by atoms with Gasteiger partial charge in [0.1, 0.15) is 0 Å². The molecule has 0 radical (unpaired) electrons.